The maximum absolute atomic E-state index is 12.9. The van der Waals surface area contributed by atoms with Gasteiger partial charge in [0.1, 0.15) is 11.5 Å². The Morgan fingerprint density at radius 2 is 2.00 bits per heavy atom. The lowest BCUT2D eigenvalue weighted by Crippen LogP contribution is -2.27. The van der Waals surface area contributed by atoms with Gasteiger partial charge in [-0.3, -0.25) is 9.69 Å². The highest BCUT2D eigenvalue weighted by Gasteiger charge is 2.33. The summed E-state index contributed by atoms with van der Waals surface area (Å²) >= 11 is 12.6. The molecule has 0 spiro atoms. The number of rotatable bonds is 4. The van der Waals surface area contributed by atoms with Crippen LogP contribution in [0.1, 0.15) is 21.7 Å². The lowest BCUT2D eigenvalue weighted by molar-refractivity contribution is -0.113. The number of hydrogen-bond donors (Lipinski definition) is 1. The molecule has 2 heterocycles. The summed E-state index contributed by atoms with van der Waals surface area (Å²) in [5.41, 5.74) is 2.35. The number of amides is 1. The lowest BCUT2D eigenvalue weighted by atomic mass is 10.0. The molecule has 1 fully saturated rings. The van der Waals surface area contributed by atoms with E-state index in [9.17, 15) is 14.7 Å². The predicted molar refractivity (Wildman–Crippen MR) is 123 cm³/mol. The van der Waals surface area contributed by atoms with Crippen LogP contribution < -0.4 is 4.90 Å². The number of thioether (sulfide) groups is 1. The summed E-state index contributed by atoms with van der Waals surface area (Å²) in [5, 5.41) is 9.74. The number of benzene rings is 2. The smallest absolute Gasteiger partial charge is 0.335 e. The fourth-order valence-electron chi connectivity index (χ4n) is 3.03. The average molecular weight is 456 g/mol. The minimum atomic E-state index is -1.01. The van der Waals surface area contributed by atoms with Crippen LogP contribution in [0.15, 0.2) is 63.9 Å². The van der Waals surface area contributed by atoms with Gasteiger partial charge in [-0.25, -0.2) is 4.79 Å². The molecule has 0 aliphatic carbocycles. The number of halogens is 1. The molecule has 0 radical (unpaired) electrons. The normalized spacial score (nSPS) is 15.3. The van der Waals surface area contributed by atoms with E-state index in [0.717, 1.165) is 5.56 Å². The topological polar surface area (TPSA) is 70.8 Å². The zero-order chi connectivity index (χ0) is 21.4. The number of anilines is 1. The van der Waals surface area contributed by atoms with E-state index in [4.69, 9.17) is 28.2 Å². The number of carboxylic acid groups (broad SMARTS) is 1. The van der Waals surface area contributed by atoms with E-state index in [-0.39, 0.29) is 11.5 Å². The number of aromatic carboxylic acids is 1. The molecular formula is C22H14ClNO4S2. The van der Waals surface area contributed by atoms with Gasteiger partial charge in [0.05, 0.1) is 16.2 Å². The number of carbonyl (C=O) groups excluding carboxylic acids is 1. The van der Waals surface area contributed by atoms with Crippen LogP contribution in [-0.4, -0.2) is 21.3 Å². The summed E-state index contributed by atoms with van der Waals surface area (Å²) in [7, 11) is 0. The monoisotopic (exact) mass is 455 g/mol. The Morgan fingerprint density at radius 3 is 2.73 bits per heavy atom. The second kappa shape index (κ2) is 8.10. The van der Waals surface area contributed by atoms with E-state index in [0.29, 0.717) is 37.0 Å². The van der Waals surface area contributed by atoms with Crippen molar-refractivity contribution >= 4 is 63.5 Å². The van der Waals surface area contributed by atoms with Crippen LogP contribution in [0.5, 0.6) is 0 Å². The van der Waals surface area contributed by atoms with E-state index < -0.39 is 5.97 Å². The molecule has 0 bridgehead atoms. The molecule has 1 aliphatic heterocycles. The van der Waals surface area contributed by atoms with E-state index in [2.05, 4.69) is 0 Å². The molecule has 0 saturated carbocycles. The van der Waals surface area contributed by atoms with Crippen LogP contribution in [-0.2, 0) is 4.79 Å². The third kappa shape index (κ3) is 3.92. The number of hydrogen-bond acceptors (Lipinski definition) is 5. The number of carboxylic acids is 1. The Balaban J connectivity index is 1.64. The molecule has 0 unspecified atom stereocenters. The molecule has 1 N–H and O–H groups in total. The Bertz CT molecular complexity index is 1230. The third-order valence-electron chi connectivity index (χ3n) is 4.51. The SMILES string of the molecule is Cc1ccc(C(=O)O)cc1-c1ccc(/C=C2/SC(=S)N(c3cccc(Cl)c3)C2=O)o1. The number of thiocarbonyl (C=S) groups is 1. The van der Waals surface area contributed by atoms with Crippen LogP contribution >= 0.6 is 35.6 Å². The molecule has 4 rings (SSSR count). The zero-order valence-corrected chi connectivity index (χ0v) is 18.0. The highest BCUT2D eigenvalue weighted by Crippen LogP contribution is 2.37. The minimum absolute atomic E-state index is 0.177. The highest BCUT2D eigenvalue weighted by molar-refractivity contribution is 8.27. The van der Waals surface area contributed by atoms with Crippen LogP contribution in [0.25, 0.3) is 17.4 Å². The first-order valence-corrected chi connectivity index (χ1v) is 10.4. The van der Waals surface area contributed by atoms with E-state index in [1.165, 1.54) is 16.7 Å². The summed E-state index contributed by atoms with van der Waals surface area (Å²) in [6.07, 6.45) is 1.63. The maximum atomic E-state index is 12.9. The zero-order valence-electron chi connectivity index (χ0n) is 15.6. The van der Waals surface area contributed by atoms with E-state index in [1.807, 2.05) is 6.92 Å². The van der Waals surface area contributed by atoms with Gasteiger partial charge in [-0.15, -0.1) is 0 Å². The van der Waals surface area contributed by atoms with Crippen molar-refractivity contribution in [3.05, 3.63) is 81.4 Å². The average Bonchev–Trinajstić information content (AvgIpc) is 3.26. The van der Waals surface area contributed by atoms with Gasteiger partial charge in [-0.1, -0.05) is 47.7 Å². The van der Waals surface area contributed by atoms with Gasteiger partial charge >= 0.3 is 5.97 Å². The summed E-state index contributed by atoms with van der Waals surface area (Å²) in [5.74, 6) is -0.272. The molecular weight excluding hydrogens is 442 g/mol. The van der Waals surface area contributed by atoms with Gasteiger partial charge in [-0.05, 0) is 55.0 Å². The van der Waals surface area contributed by atoms with Crippen LogP contribution in [0.4, 0.5) is 5.69 Å². The second-order valence-electron chi connectivity index (χ2n) is 6.53. The first-order chi connectivity index (χ1) is 14.3. The Labute approximate surface area is 186 Å². The fraction of sp³-hybridized carbons (Fsp3) is 0.0455. The largest absolute Gasteiger partial charge is 0.478 e. The molecule has 150 valence electrons. The van der Waals surface area contributed by atoms with Crippen LogP contribution in [0, 0.1) is 6.92 Å². The van der Waals surface area contributed by atoms with Gasteiger partial charge in [0.15, 0.2) is 4.32 Å². The fourth-order valence-corrected chi connectivity index (χ4v) is 4.49. The molecule has 1 aromatic heterocycles. The van der Waals surface area contributed by atoms with Crippen molar-refractivity contribution in [2.45, 2.75) is 6.92 Å². The van der Waals surface area contributed by atoms with Crippen LogP contribution in [0.2, 0.25) is 5.02 Å². The minimum Gasteiger partial charge on any atom is -0.478 e. The van der Waals surface area contributed by atoms with Crippen molar-refractivity contribution < 1.29 is 19.1 Å². The molecule has 2 aromatic carbocycles. The maximum Gasteiger partial charge on any atom is 0.335 e. The van der Waals surface area contributed by atoms with Crippen molar-refractivity contribution in [1.29, 1.82) is 0 Å². The van der Waals surface area contributed by atoms with Crippen molar-refractivity contribution in [3.8, 4) is 11.3 Å². The summed E-state index contributed by atoms with van der Waals surface area (Å²) in [4.78, 5) is 26.0. The number of carbonyl (C=O) groups is 2. The molecule has 1 aliphatic rings. The quantitative estimate of drug-likeness (QED) is 0.383. The summed E-state index contributed by atoms with van der Waals surface area (Å²) in [6, 6.07) is 15.3. The van der Waals surface area contributed by atoms with Crippen molar-refractivity contribution in [3.63, 3.8) is 0 Å². The molecule has 0 atom stereocenters. The van der Waals surface area contributed by atoms with Crippen molar-refractivity contribution in [2.75, 3.05) is 4.90 Å². The van der Waals surface area contributed by atoms with Gasteiger partial charge in [0, 0.05) is 16.7 Å². The molecule has 30 heavy (non-hydrogen) atoms. The molecule has 5 nitrogen and oxygen atoms in total. The Hall–Kier alpha value is -2.87. The molecule has 8 heteroatoms. The lowest BCUT2D eigenvalue weighted by Gasteiger charge is -2.14. The highest BCUT2D eigenvalue weighted by atomic mass is 35.5. The standard InChI is InChI=1S/C22H14ClNO4S2/c1-12-5-6-13(21(26)27)9-17(12)18-8-7-16(28-18)11-19-20(25)24(22(29)30-19)15-4-2-3-14(23)10-15/h2-11H,1H3,(H,26,27)/b19-11+. The molecule has 3 aromatic rings. The number of nitrogens with zero attached hydrogens (tertiary/aromatic N) is 1. The van der Waals surface area contributed by atoms with Gasteiger partial charge in [0.25, 0.3) is 5.91 Å². The van der Waals surface area contributed by atoms with Crippen molar-refractivity contribution in [2.24, 2.45) is 0 Å². The Kier molecular flexibility index (Phi) is 5.51. The molecule has 1 amide bonds. The Morgan fingerprint density at radius 1 is 1.20 bits per heavy atom. The number of aryl methyl sites for hydroxylation is 1. The van der Waals surface area contributed by atoms with E-state index >= 15 is 0 Å². The van der Waals surface area contributed by atoms with Gasteiger partial charge in [0.2, 0.25) is 0 Å². The third-order valence-corrected chi connectivity index (χ3v) is 6.05. The summed E-state index contributed by atoms with van der Waals surface area (Å²) in [6.45, 7) is 1.87. The van der Waals surface area contributed by atoms with Gasteiger partial charge in [-0.2, -0.15) is 0 Å². The predicted octanol–water partition coefficient (Wildman–Crippen LogP) is 6.01. The first-order valence-electron chi connectivity index (χ1n) is 8.81. The van der Waals surface area contributed by atoms with Crippen molar-refractivity contribution in [1.82, 2.24) is 0 Å². The first kappa shape index (κ1) is 20.4. The van der Waals surface area contributed by atoms with Gasteiger partial charge < -0.3 is 9.52 Å². The summed E-state index contributed by atoms with van der Waals surface area (Å²) < 4.78 is 6.28. The second-order valence-corrected chi connectivity index (χ2v) is 8.65. The number of furan rings is 1. The molecule has 1 saturated heterocycles. The van der Waals surface area contributed by atoms with Crippen LogP contribution in [0.3, 0.4) is 0 Å². The van der Waals surface area contributed by atoms with E-state index in [1.54, 1.807) is 60.7 Å².